The average Bonchev–Trinajstić information content (AvgIpc) is 2.43. The molecule has 0 aliphatic heterocycles. The molecule has 2 heteroatoms. The van der Waals surface area contributed by atoms with E-state index < -0.39 is 0 Å². The predicted octanol–water partition coefficient (Wildman–Crippen LogP) is 3.99. The molecule has 2 nitrogen and oxygen atoms in total. The van der Waals surface area contributed by atoms with Gasteiger partial charge in [0, 0.05) is 24.8 Å². The lowest BCUT2D eigenvalue weighted by Gasteiger charge is -2.27. The minimum absolute atomic E-state index is 0.498. The van der Waals surface area contributed by atoms with Crippen molar-refractivity contribution in [3.05, 3.63) is 65.2 Å². The number of aryl methyl sites for hydroxylation is 1. The maximum atomic E-state index is 6.01. The second kappa shape index (κ2) is 6.58. The van der Waals surface area contributed by atoms with Crippen molar-refractivity contribution in [1.29, 1.82) is 0 Å². The summed E-state index contributed by atoms with van der Waals surface area (Å²) in [6.07, 6.45) is 0. The Morgan fingerprint density at radius 2 is 1.60 bits per heavy atom. The Morgan fingerprint density at radius 1 is 0.950 bits per heavy atom. The van der Waals surface area contributed by atoms with Gasteiger partial charge in [0.2, 0.25) is 0 Å². The average molecular weight is 268 g/mol. The Hall–Kier alpha value is -1.80. The third-order valence-corrected chi connectivity index (χ3v) is 3.69. The van der Waals surface area contributed by atoms with Crippen molar-refractivity contribution < 1.29 is 0 Å². The molecule has 0 aromatic heterocycles. The highest BCUT2D eigenvalue weighted by molar-refractivity contribution is 5.48. The first-order chi connectivity index (χ1) is 9.56. The van der Waals surface area contributed by atoms with Gasteiger partial charge in [-0.1, -0.05) is 42.5 Å². The Labute approximate surface area is 122 Å². The lowest BCUT2D eigenvalue weighted by molar-refractivity contribution is 0.203. The maximum absolute atomic E-state index is 6.01. The second-order valence-corrected chi connectivity index (χ2v) is 5.68. The van der Waals surface area contributed by atoms with E-state index in [4.69, 9.17) is 5.73 Å². The van der Waals surface area contributed by atoms with E-state index in [1.165, 1.54) is 11.1 Å². The van der Waals surface area contributed by atoms with Gasteiger partial charge in [0.05, 0.1) is 0 Å². The van der Waals surface area contributed by atoms with Crippen LogP contribution in [0.25, 0.3) is 0 Å². The summed E-state index contributed by atoms with van der Waals surface area (Å²) in [6, 6.07) is 17.5. The van der Waals surface area contributed by atoms with Crippen LogP contribution in [-0.2, 0) is 13.1 Å². The molecule has 0 fully saturated rings. The van der Waals surface area contributed by atoms with Gasteiger partial charge in [-0.15, -0.1) is 0 Å². The molecule has 2 aromatic rings. The molecule has 2 aromatic carbocycles. The van der Waals surface area contributed by atoms with E-state index in [0.717, 1.165) is 24.3 Å². The summed E-state index contributed by atoms with van der Waals surface area (Å²) in [5, 5.41) is 0. The molecule has 0 saturated heterocycles. The topological polar surface area (TPSA) is 29.3 Å². The van der Waals surface area contributed by atoms with E-state index >= 15 is 0 Å². The summed E-state index contributed by atoms with van der Waals surface area (Å²) in [5.74, 6) is 0. The number of anilines is 1. The number of nitrogens with two attached hydrogens (primary N) is 1. The highest BCUT2D eigenvalue weighted by atomic mass is 15.1. The lowest BCUT2D eigenvalue weighted by Crippen LogP contribution is -2.29. The van der Waals surface area contributed by atoms with Crippen LogP contribution in [0.4, 0.5) is 5.69 Å². The van der Waals surface area contributed by atoms with Crippen molar-refractivity contribution in [2.75, 3.05) is 5.73 Å². The molecule has 0 spiro atoms. The largest absolute Gasteiger partial charge is 0.399 e. The number of hydrogen-bond acceptors (Lipinski definition) is 2. The minimum atomic E-state index is 0.498. The van der Waals surface area contributed by atoms with Gasteiger partial charge in [-0.2, -0.15) is 0 Å². The van der Waals surface area contributed by atoms with Crippen LogP contribution in [0, 0.1) is 6.92 Å². The predicted molar refractivity (Wildman–Crippen MR) is 86.4 cm³/mol. The first-order valence-corrected chi connectivity index (χ1v) is 7.19. The van der Waals surface area contributed by atoms with E-state index in [9.17, 15) is 0 Å². The molecule has 20 heavy (non-hydrogen) atoms. The molecule has 106 valence electrons. The second-order valence-electron chi connectivity index (χ2n) is 5.68. The first-order valence-electron chi connectivity index (χ1n) is 7.19. The molecule has 2 rings (SSSR count). The van der Waals surface area contributed by atoms with E-state index in [1.807, 2.05) is 6.92 Å². The SMILES string of the molecule is Cc1ccc(CN(Cc2ccccc2)C(C)C)cc1N. The molecule has 2 N–H and O–H groups in total. The Balaban J connectivity index is 2.11. The number of hydrogen-bond donors (Lipinski definition) is 1. The molecular weight excluding hydrogens is 244 g/mol. The van der Waals surface area contributed by atoms with Gasteiger partial charge in [0.1, 0.15) is 0 Å². The fraction of sp³-hybridized carbons (Fsp3) is 0.333. The Morgan fingerprint density at radius 3 is 2.20 bits per heavy atom. The normalized spacial score (nSPS) is 11.2. The first kappa shape index (κ1) is 14.6. The van der Waals surface area contributed by atoms with Gasteiger partial charge in [0.25, 0.3) is 0 Å². The van der Waals surface area contributed by atoms with Crippen molar-refractivity contribution in [3.63, 3.8) is 0 Å². The van der Waals surface area contributed by atoms with Gasteiger partial charge in [-0.3, -0.25) is 4.90 Å². The molecule has 0 atom stereocenters. The van der Waals surface area contributed by atoms with Crippen LogP contribution in [0.5, 0.6) is 0 Å². The van der Waals surface area contributed by atoms with Crippen molar-refractivity contribution >= 4 is 5.69 Å². The van der Waals surface area contributed by atoms with Gasteiger partial charge in [-0.05, 0) is 43.5 Å². The highest BCUT2D eigenvalue weighted by Crippen LogP contribution is 2.17. The van der Waals surface area contributed by atoms with Gasteiger partial charge < -0.3 is 5.73 Å². The summed E-state index contributed by atoms with van der Waals surface area (Å²) >= 11 is 0. The van der Waals surface area contributed by atoms with Crippen molar-refractivity contribution in [3.8, 4) is 0 Å². The monoisotopic (exact) mass is 268 g/mol. The van der Waals surface area contributed by atoms with Crippen LogP contribution in [0.15, 0.2) is 48.5 Å². The van der Waals surface area contributed by atoms with E-state index in [-0.39, 0.29) is 0 Å². The molecule has 0 radical (unpaired) electrons. The molecule has 0 aliphatic carbocycles. The van der Waals surface area contributed by atoms with Gasteiger partial charge in [-0.25, -0.2) is 0 Å². The summed E-state index contributed by atoms with van der Waals surface area (Å²) in [6.45, 7) is 8.41. The van der Waals surface area contributed by atoms with Crippen LogP contribution in [-0.4, -0.2) is 10.9 Å². The van der Waals surface area contributed by atoms with Crippen molar-refractivity contribution in [2.45, 2.75) is 39.9 Å². The third kappa shape index (κ3) is 3.84. The van der Waals surface area contributed by atoms with E-state index in [0.29, 0.717) is 6.04 Å². The van der Waals surface area contributed by atoms with E-state index in [2.05, 4.69) is 67.3 Å². The minimum Gasteiger partial charge on any atom is -0.399 e. The summed E-state index contributed by atoms with van der Waals surface area (Å²) in [4.78, 5) is 2.46. The fourth-order valence-corrected chi connectivity index (χ4v) is 2.26. The van der Waals surface area contributed by atoms with E-state index in [1.54, 1.807) is 0 Å². The number of nitrogens with zero attached hydrogens (tertiary/aromatic N) is 1. The number of nitrogen functional groups attached to an aromatic ring is 1. The van der Waals surface area contributed by atoms with Crippen molar-refractivity contribution in [2.24, 2.45) is 0 Å². The molecule has 0 bridgehead atoms. The van der Waals surface area contributed by atoms with Gasteiger partial charge >= 0.3 is 0 Å². The maximum Gasteiger partial charge on any atom is 0.0346 e. The fourth-order valence-electron chi connectivity index (χ4n) is 2.26. The van der Waals surface area contributed by atoms with Crippen LogP contribution in [0.3, 0.4) is 0 Å². The van der Waals surface area contributed by atoms with Crippen LogP contribution in [0.2, 0.25) is 0 Å². The third-order valence-electron chi connectivity index (χ3n) is 3.69. The van der Waals surface area contributed by atoms with Crippen molar-refractivity contribution in [1.82, 2.24) is 4.90 Å². The standard InChI is InChI=1S/C18H24N2/c1-14(2)20(12-16-7-5-4-6-8-16)13-17-10-9-15(3)18(19)11-17/h4-11,14H,12-13,19H2,1-3H3. The number of rotatable bonds is 5. The summed E-state index contributed by atoms with van der Waals surface area (Å²) in [7, 11) is 0. The quantitative estimate of drug-likeness (QED) is 0.831. The Bertz CT molecular complexity index is 547. The molecule has 0 saturated carbocycles. The van der Waals surface area contributed by atoms with Crippen LogP contribution >= 0.6 is 0 Å². The highest BCUT2D eigenvalue weighted by Gasteiger charge is 2.11. The van der Waals surface area contributed by atoms with Crippen LogP contribution < -0.4 is 5.73 Å². The van der Waals surface area contributed by atoms with Crippen LogP contribution in [0.1, 0.15) is 30.5 Å². The summed E-state index contributed by atoms with van der Waals surface area (Å²) in [5.41, 5.74) is 10.7. The number of benzene rings is 2. The Kier molecular flexibility index (Phi) is 4.80. The zero-order valence-corrected chi connectivity index (χ0v) is 12.6. The smallest absolute Gasteiger partial charge is 0.0346 e. The molecule has 0 unspecified atom stereocenters. The van der Waals surface area contributed by atoms with Gasteiger partial charge in [0.15, 0.2) is 0 Å². The molecular formula is C18H24N2. The lowest BCUT2D eigenvalue weighted by atomic mass is 10.1. The molecule has 0 heterocycles. The zero-order valence-electron chi connectivity index (χ0n) is 12.6. The molecule has 0 amide bonds. The summed E-state index contributed by atoms with van der Waals surface area (Å²) < 4.78 is 0. The molecule has 0 aliphatic rings. The zero-order chi connectivity index (χ0) is 14.5.